The number of pyridine rings is 1. The lowest BCUT2D eigenvalue weighted by molar-refractivity contribution is -0.115. The van der Waals surface area contributed by atoms with Crippen molar-refractivity contribution < 1.29 is 9.32 Å². The van der Waals surface area contributed by atoms with Crippen LogP contribution in [0.15, 0.2) is 35.1 Å². The van der Waals surface area contributed by atoms with Crippen molar-refractivity contribution in [3.8, 4) is 0 Å². The molecule has 2 aromatic rings. The van der Waals surface area contributed by atoms with Crippen molar-refractivity contribution in [2.24, 2.45) is 5.92 Å². The summed E-state index contributed by atoms with van der Waals surface area (Å²) in [5, 5.41) is 10.1. The Kier molecular flexibility index (Phi) is 4.66. The van der Waals surface area contributed by atoms with E-state index in [1.165, 1.54) is 12.8 Å². The number of nitrogens with zero attached hydrogens (tertiary/aromatic N) is 2. The molecule has 2 aromatic heterocycles. The molecule has 1 saturated carbocycles. The average molecular weight is 328 g/mol. The molecule has 0 bridgehead atoms. The molecule has 3 rings (SSSR count). The van der Waals surface area contributed by atoms with Gasteiger partial charge < -0.3 is 9.84 Å². The highest BCUT2D eigenvalue weighted by molar-refractivity contribution is 5.91. The van der Waals surface area contributed by atoms with Crippen LogP contribution in [0.3, 0.4) is 0 Å². The molecule has 1 aliphatic carbocycles. The molecule has 0 aromatic carbocycles. The van der Waals surface area contributed by atoms with Crippen molar-refractivity contribution in [1.29, 1.82) is 0 Å². The lowest BCUT2D eigenvalue weighted by Gasteiger charge is -2.17. The minimum atomic E-state index is -0.138. The molecular weight excluding hydrogens is 304 g/mol. The quantitative estimate of drug-likeness (QED) is 0.852. The lowest BCUT2D eigenvalue weighted by Crippen LogP contribution is -2.32. The van der Waals surface area contributed by atoms with E-state index >= 15 is 0 Å². The molecular formula is C18H24N4O2. The van der Waals surface area contributed by atoms with Crippen LogP contribution >= 0.6 is 0 Å². The van der Waals surface area contributed by atoms with E-state index in [4.69, 9.17) is 4.52 Å². The second-order valence-corrected chi connectivity index (χ2v) is 7.36. The minimum Gasteiger partial charge on any atom is -0.338 e. The normalized spacial score (nSPS) is 16.0. The van der Waals surface area contributed by atoms with Crippen LogP contribution < -0.4 is 10.6 Å². The Labute approximate surface area is 142 Å². The molecule has 6 nitrogen and oxygen atoms in total. The van der Waals surface area contributed by atoms with Gasteiger partial charge in [0.1, 0.15) is 0 Å². The van der Waals surface area contributed by atoms with E-state index in [0.29, 0.717) is 11.8 Å². The highest BCUT2D eigenvalue weighted by atomic mass is 16.5. The Morgan fingerprint density at radius 1 is 1.42 bits per heavy atom. The molecule has 1 amide bonds. The summed E-state index contributed by atoms with van der Waals surface area (Å²) in [6, 6.07) is 5.92. The summed E-state index contributed by atoms with van der Waals surface area (Å²) in [6.07, 6.45) is 5.99. The number of carbonyl (C=O) groups excluding carboxylic acids is 1. The van der Waals surface area contributed by atoms with Crippen LogP contribution in [0.25, 0.3) is 0 Å². The van der Waals surface area contributed by atoms with Gasteiger partial charge in [-0.15, -0.1) is 0 Å². The van der Waals surface area contributed by atoms with Crippen molar-refractivity contribution in [3.63, 3.8) is 0 Å². The summed E-state index contributed by atoms with van der Waals surface area (Å²) in [5.41, 5.74) is 1.83. The average Bonchev–Trinajstić information content (AvgIpc) is 3.25. The number of nitrogens with one attached hydrogen (secondary N) is 2. The van der Waals surface area contributed by atoms with E-state index in [2.05, 4.69) is 20.8 Å². The molecule has 0 saturated heterocycles. The molecule has 24 heavy (non-hydrogen) atoms. The van der Waals surface area contributed by atoms with E-state index in [1.807, 2.05) is 39.1 Å². The van der Waals surface area contributed by atoms with Crippen molar-refractivity contribution in [3.05, 3.63) is 41.9 Å². The van der Waals surface area contributed by atoms with Crippen molar-refractivity contribution in [2.75, 3.05) is 11.9 Å². The maximum Gasteiger partial charge on any atom is 0.240 e. The smallest absolute Gasteiger partial charge is 0.240 e. The Hall–Kier alpha value is -2.21. The second-order valence-electron chi connectivity index (χ2n) is 7.36. The van der Waals surface area contributed by atoms with Gasteiger partial charge >= 0.3 is 0 Å². The van der Waals surface area contributed by atoms with Crippen LogP contribution in [-0.4, -0.2) is 22.6 Å². The lowest BCUT2D eigenvalue weighted by atomic mass is 9.92. The first kappa shape index (κ1) is 16.6. The monoisotopic (exact) mass is 328 g/mol. The van der Waals surface area contributed by atoms with Gasteiger partial charge in [-0.05, 0) is 30.4 Å². The summed E-state index contributed by atoms with van der Waals surface area (Å²) in [6.45, 7) is 6.37. The van der Waals surface area contributed by atoms with Crippen molar-refractivity contribution in [1.82, 2.24) is 15.5 Å². The Morgan fingerprint density at radius 3 is 2.79 bits per heavy atom. The highest BCUT2D eigenvalue weighted by Crippen LogP contribution is 2.40. The molecule has 128 valence electrons. The van der Waals surface area contributed by atoms with Crippen LogP contribution in [0.5, 0.6) is 0 Å². The van der Waals surface area contributed by atoms with Gasteiger partial charge in [0.2, 0.25) is 11.8 Å². The first-order valence-electron chi connectivity index (χ1n) is 8.34. The molecule has 2 N–H and O–H groups in total. The Morgan fingerprint density at radius 2 is 2.21 bits per heavy atom. The largest absolute Gasteiger partial charge is 0.338 e. The second kappa shape index (κ2) is 6.73. The van der Waals surface area contributed by atoms with E-state index in [9.17, 15) is 4.79 Å². The van der Waals surface area contributed by atoms with Crippen molar-refractivity contribution in [2.45, 2.75) is 45.1 Å². The van der Waals surface area contributed by atoms with E-state index < -0.39 is 0 Å². The predicted octanol–water partition coefficient (Wildman–Crippen LogP) is 3.05. The summed E-state index contributed by atoms with van der Waals surface area (Å²) in [5.74, 6) is 0.831. The molecule has 1 atom stereocenters. The number of hydrogen-bond acceptors (Lipinski definition) is 5. The van der Waals surface area contributed by atoms with Crippen LogP contribution in [0.2, 0.25) is 0 Å². The van der Waals surface area contributed by atoms with E-state index in [1.54, 1.807) is 12.3 Å². The minimum absolute atomic E-state index is 0.109. The molecule has 6 heteroatoms. The van der Waals surface area contributed by atoms with Crippen LogP contribution in [0, 0.1) is 5.92 Å². The van der Waals surface area contributed by atoms with Gasteiger partial charge in [-0.1, -0.05) is 32.0 Å². The first-order chi connectivity index (χ1) is 11.4. The summed E-state index contributed by atoms with van der Waals surface area (Å²) in [4.78, 5) is 16.3. The molecule has 0 unspecified atom stereocenters. The van der Waals surface area contributed by atoms with Gasteiger partial charge in [-0.3, -0.25) is 15.1 Å². The fourth-order valence-electron chi connectivity index (χ4n) is 2.62. The zero-order valence-corrected chi connectivity index (χ0v) is 14.4. The zero-order chi connectivity index (χ0) is 17.2. The van der Waals surface area contributed by atoms with Gasteiger partial charge in [0.25, 0.3) is 0 Å². The molecule has 0 aliphatic heterocycles. The standard InChI is InChI=1S/C18H24N4O2/c1-18(2,3)14-9-16(24-22-14)21-15(23)11-20-17(12-6-7-12)13-5-4-8-19-10-13/h4-5,8-10,12,17,20H,6-7,11H2,1-3H3,(H,21,23)/t17-/m0/s1. The summed E-state index contributed by atoms with van der Waals surface area (Å²) >= 11 is 0. The van der Waals surface area contributed by atoms with Crippen molar-refractivity contribution >= 4 is 11.8 Å². The van der Waals surface area contributed by atoms with E-state index in [-0.39, 0.29) is 23.9 Å². The maximum atomic E-state index is 12.2. The summed E-state index contributed by atoms with van der Waals surface area (Å²) in [7, 11) is 0. The topological polar surface area (TPSA) is 80.0 Å². The number of carbonyl (C=O) groups is 1. The summed E-state index contributed by atoms with van der Waals surface area (Å²) < 4.78 is 5.19. The fraction of sp³-hybridized carbons (Fsp3) is 0.500. The molecule has 1 aliphatic rings. The molecule has 1 fully saturated rings. The number of hydrogen-bond donors (Lipinski definition) is 2. The van der Waals surface area contributed by atoms with Crippen LogP contribution in [0.4, 0.5) is 5.88 Å². The number of aromatic nitrogens is 2. The third kappa shape index (κ3) is 4.20. The third-order valence-corrected chi connectivity index (χ3v) is 4.16. The van der Waals surface area contributed by atoms with Gasteiger partial charge in [0.15, 0.2) is 0 Å². The SMILES string of the molecule is CC(C)(C)c1cc(NC(=O)CN[C@H](c2cccnc2)C2CC2)on1. The zero-order valence-electron chi connectivity index (χ0n) is 14.4. The van der Waals surface area contributed by atoms with E-state index in [0.717, 1.165) is 11.3 Å². The molecule has 2 heterocycles. The van der Waals surface area contributed by atoms with Gasteiger partial charge in [0.05, 0.1) is 12.2 Å². The Balaban J connectivity index is 1.56. The number of amides is 1. The number of rotatable bonds is 6. The molecule has 0 spiro atoms. The maximum absolute atomic E-state index is 12.2. The van der Waals surface area contributed by atoms with Gasteiger partial charge in [0, 0.05) is 29.9 Å². The fourth-order valence-corrected chi connectivity index (χ4v) is 2.62. The Bertz CT molecular complexity index is 687. The van der Waals surface area contributed by atoms with Crippen LogP contribution in [0.1, 0.15) is 50.9 Å². The van der Waals surface area contributed by atoms with Crippen LogP contribution in [-0.2, 0) is 10.2 Å². The highest BCUT2D eigenvalue weighted by Gasteiger charge is 2.32. The van der Waals surface area contributed by atoms with Gasteiger partial charge in [-0.25, -0.2) is 0 Å². The first-order valence-corrected chi connectivity index (χ1v) is 8.34. The predicted molar refractivity (Wildman–Crippen MR) is 91.5 cm³/mol. The third-order valence-electron chi connectivity index (χ3n) is 4.16. The molecule has 0 radical (unpaired) electrons. The van der Waals surface area contributed by atoms with Gasteiger partial charge in [-0.2, -0.15) is 0 Å². The number of anilines is 1.